The molecule has 1 rings (SSSR count). The Bertz CT molecular complexity index is 433. The first-order chi connectivity index (χ1) is 9.04. The molecule has 0 atom stereocenters. The molecule has 0 aliphatic rings. The van der Waals surface area contributed by atoms with Crippen molar-refractivity contribution in [1.29, 1.82) is 0 Å². The van der Waals surface area contributed by atoms with Gasteiger partial charge in [-0.25, -0.2) is 4.79 Å². The molecular weight excluding hydrogens is 242 g/mol. The molecule has 0 spiro atoms. The number of nitrogens with zero attached hydrogens (tertiary/aromatic N) is 1. The van der Waals surface area contributed by atoms with Crippen molar-refractivity contribution in [3.63, 3.8) is 0 Å². The van der Waals surface area contributed by atoms with Gasteiger partial charge in [0.15, 0.2) is 5.78 Å². The van der Waals surface area contributed by atoms with E-state index < -0.39 is 5.97 Å². The maximum absolute atomic E-state index is 11.7. The second-order valence-corrected chi connectivity index (χ2v) is 3.71. The molecule has 0 aliphatic carbocycles. The van der Waals surface area contributed by atoms with E-state index in [1.54, 1.807) is 35.4 Å². The molecule has 19 heavy (non-hydrogen) atoms. The van der Waals surface area contributed by atoms with E-state index in [1.807, 2.05) is 27.9 Å². The zero-order valence-corrected chi connectivity index (χ0v) is 12.1. The van der Waals surface area contributed by atoms with E-state index >= 15 is 0 Å². The van der Waals surface area contributed by atoms with Crippen LogP contribution in [0.4, 0.5) is 0 Å². The van der Waals surface area contributed by atoms with Crippen molar-refractivity contribution in [2.24, 2.45) is 0 Å². The van der Waals surface area contributed by atoms with Gasteiger partial charge in [0.25, 0.3) is 0 Å². The van der Waals surface area contributed by atoms with Crippen LogP contribution in [0.3, 0.4) is 0 Å². The van der Waals surface area contributed by atoms with Crippen LogP contribution in [0.1, 0.15) is 34.6 Å². The molecule has 1 aromatic carbocycles. The fourth-order valence-corrected chi connectivity index (χ4v) is 1.20. The van der Waals surface area contributed by atoms with Gasteiger partial charge >= 0.3 is 5.97 Å². The van der Waals surface area contributed by atoms with Crippen molar-refractivity contribution in [3.05, 3.63) is 47.7 Å². The topological polar surface area (TPSA) is 46.6 Å². The Morgan fingerprint density at radius 1 is 1.05 bits per heavy atom. The molecule has 0 radical (unpaired) electrons. The highest BCUT2D eigenvalue weighted by molar-refractivity contribution is 6.05. The lowest BCUT2D eigenvalue weighted by Crippen LogP contribution is -2.04. The average molecular weight is 263 g/mol. The largest absolute Gasteiger partial charge is 0.465 e. The molecule has 0 heterocycles. The van der Waals surface area contributed by atoms with Crippen molar-refractivity contribution in [2.75, 3.05) is 21.2 Å². The van der Waals surface area contributed by atoms with Gasteiger partial charge in [-0.3, -0.25) is 4.79 Å². The van der Waals surface area contributed by atoms with Crippen LogP contribution in [0.5, 0.6) is 0 Å². The number of ketones is 1. The first-order valence-corrected chi connectivity index (χ1v) is 6.12. The summed E-state index contributed by atoms with van der Waals surface area (Å²) < 4.78 is 4.57. The molecule has 104 valence electrons. The second-order valence-electron chi connectivity index (χ2n) is 3.71. The Labute approximate surface area is 114 Å². The Kier molecular flexibility index (Phi) is 7.93. The number of hydrogen-bond acceptors (Lipinski definition) is 4. The SMILES string of the molecule is CC.COC(=O)c1ccc(C(=O)/C=C/N(C)C)cc1. The third kappa shape index (κ3) is 5.86. The lowest BCUT2D eigenvalue weighted by Gasteiger charge is -2.03. The Morgan fingerprint density at radius 3 is 1.95 bits per heavy atom. The normalized spacial score (nSPS) is 9.53. The molecule has 0 aromatic heterocycles. The van der Waals surface area contributed by atoms with Gasteiger partial charge in [-0.15, -0.1) is 0 Å². The van der Waals surface area contributed by atoms with E-state index in [0.717, 1.165) is 0 Å². The van der Waals surface area contributed by atoms with E-state index in [4.69, 9.17) is 0 Å². The number of carbonyl (C=O) groups excluding carboxylic acids is 2. The molecule has 4 nitrogen and oxygen atoms in total. The lowest BCUT2D eigenvalue weighted by molar-refractivity contribution is 0.0600. The van der Waals surface area contributed by atoms with Crippen LogP contribution >= 0.6 is 0 Å². The number of benzene rings is 1. The van der Waals surface area contributed by atoms with Crippen molar-refractivity contribution in [2.45, 2.75) is 13.8 Å². The molecule has 0 saturated heterocycles. The third-order valence-corrected chi connectivity index (χ3v) is 2.11. The maximum Gasteiger partial charge on any atom is 0.337 e. The predicted octanol–water partition coefficient (Wildman–Crippen LogP) is 2.76. The van der Waals surface area contributed by atoms with E-state index in [1.165, 1.54) is 13.2 Å². The summed E-state index contributed by atoms with van der Waals surface area (Å²) in [5.41, 5.74) is 0.969. The van der Waals surface area contributed by atoms with E-state index in [0.29, 0.717) is 11.1 Å². The Morgan fingerprint density at radius 2 is 1.53 bits per heavy atom. The minimum absolute atomic E-state index is 0.102. The van der Waals surface area contributed by atoms with Gasteiger partial charge in [0.2, 0.25) is 0 Å². The van der Waals surface area contributed by atoms with Crippen LogP contribution in [0.2, 0.25) is 0 Å². The van der Waals surface area contributed by atoms with Crippen LogP contribution < -0.4 is 0 Å². The number of methoxy groups -OCH3 is 1. The highest BCUT2D eigenvalue weighted by atomic mass is 16.5. The highest BCUT2D eigenvalue weighted by Crippen LogP contribution is 2.07. The monoisotopic (exact) mass is 263 g/mol. The lowest BCUT2D eigenvalue weighted by atomic mass is 10.1. The van der Waals surface area contributed by atoms with Crippen molar-refractivity contribution >= 4 is 11.8 Å². The molecule has 0 N–H and O–H groups in total. The van der Waals surface area contributed by atoms with Gasteiger partial charge in [0.05, 0.1) is 12.7 Å². The van der Waals surface area contributed by atoms with E-state index in [9.17, 15) is 9.59 Å². The van der Waals surface area contributed by atoms with Crippen molar-refractivity contribution in [1.82, 2.24) is 4.90 Å². The quantitative estimate of drug-likeness (QED) is 0.476. The van der Waals surface area contributed by atoms with E-state index in [-0.39, 0.29) is 5.78 Å². The smallest absolute Gasteiger partial charge is 0.337 e. The van der Waals surface area contributed by atoms with Gasteiger partial charge in [0, 0.05) is 31.9 Å². The number of allylic oxidation sites excluding steroid dienone is 1. The van der Waals surface area contributed by atoms with Crippen LogP contribution in [0.15, 0.2) is 36.5 Å². The van der Waals surface area contributed by atoms with E-state index in [2.05, 4.69) is 4.74 Å². The highest BCUT2D eigenvalue weighted by Gasteiger charge is 2.06. The Balaban J connectivity index is 0.00000154. The molecule has 4 heteroatoms. The fraction of sp³-hybridized carbons (Fsp3) is 0.333. The third-order valence-electron chi connectivity index (χ3n) is 2.11. The number of carbonyl (C=O) groups is 2. The molecular formula is C15H21NO3. The summed E-state index contributed by atoms with van der Waals surface area (Å²) in [6.07, 6.45) is 3.16. The number of hydrogen-bond donors (Lipinski definition) is 0. The number of ether oxygens (including phenoxy) is 1. The Hall–Kier alpha value is -2.10. The molecule has 0 aliphatic heterocycles. The van der Waals surface area contributed by atoms with Crippen molar-refractivity contribution in [3.8, 4) is 0 Å². The summed E-state index contributed by atoms with van der Waals surface area (Å²) >= 11 is 0. The van der Waals surface area contributed by atoms with Crippen LogP contribution in [-0.2, 0) is 4.74 Å². The average Bonchev–Trinajstić information content (AvgIpc) is 2.46. The summed E-state index contributed by atoms with van der Waals surface area (Å²) in [4.78, 5) is 24.6. The minimum Gasteiger partial charge on any atom is -0.465 e. The summed E-state index contributed by atoms with van der Waals surface area (Å²) in [7, 11) is 5.00. The van der Waals surface area contributed by atoms with Gasteiger partial charge in [0.1, 0.15) is 0 Å². The number of rotatable bonds is 4. The van der Waals surface area contributed by atoms with Crippen LogP contribution in [0.25, 0.3) is 0 Å². The molecule has 0 fully saturated rings. The summed E-state index contributed by atoms with van der Waals surface area (Å²) in [5, 5.41) is 0. The van der Waals surface area contributed by atoms with Gasteiger partial charge in [-0.1, -0.05) is 26.0 Å². The second kappa shape index (κ2) is 8.91. The standard InChI is InChI=1S/C13H15NO3.C2H6/c1-14(2)9-8-12(15)10-4-6-11(7-5-10)13(16)17-3;1-2/h4-9H,1-3H3;1-2H3/b9-8+;. The fourth-order valence-electron chi connectivity index (χ4n) is 1.20. The van der Waals surface area contributed by atoms with Crippen LogP contribution in [-0.4, -0.2) is 37.9 Å². The zero-order valence-electron chi connectivity index (χ0n) is 12.1. The first-order valence-electron chi connectivity index (χ1n) is 6.12. The van der Waals surface area contributed by atoms with Gasteiger partial charge in [-0.05, 0) is 12.1 Å². The minimum atomic E-state index is -0.409. The molecule has 0 saturated carbocycles. The molecule has 0 bridgehead atoms. The van der Waals surface area contributed by atoms with Gasteiger partial charge < -0.3 is 9.64 Å². The molecule has 0 unspecified atom stereocenters. The molecule has 1 aromatic rings. The summed E-state index contributed by atoms with van der Waals surface area (Å²) in [6.45, 7) is 4.00. The summed E-state index contributed by atoms with van der Waals surface area (Å²) in [5.74, 6) is -0.511. The molecule has 0 amide bonds. The zero-order chi connectivity index (χ0) is 14.8. The van der Waals surface area contributed by atoms with Crippen molar-refractivity contribution < 1.29 is 14.3 Å². The number of esters is 1. The first kappa shape index (κ1) is 16.9. The van der Waals surface area contributed by atoms with Crippen LogP contribution in [0, 0.1) is 0 Å². The summed E-state index contributed by atoms with van der Waals surface area (Å²) in [6, 6.07) is 6.36. The van der Waals surface area contributed by atoms with Gasteiger partial charge in [-0.2, -0.15) is 0 Å². The predicted molar refractivity (Wildman–Crippen MR) is 76.3 cm³/mol. The maximum atomic E-state index is 11.7.